The van der Waals surface area contributed by atoms with Crippen LogP contribution in [0.25, 0.3) is 0 Å². The van der Waals surface area contributed by atoms with Gasteiger partial charge in [-0.15, -0.1) is 0 Å². The Morgan fingerprint density at radius 2 is 2.11 bits per heavy atom. The second-order valence-corrected chi connectivity index (χ2v) is 5.01. The lowest BCUT2D eigenvalue weighted by molar-refractivity contribution is -0.133. The van der Waals surface area contributed by atoms with Gasteiger partial charge in [0.25, 0.3) is 0 Å². The lowest BCUT2D eigenvalue weighted by Gasteiger charge is -2.20. The first-order valence-corrected chi connectivity index (χ1v) is 6.75. The Hall–Kier alpha value is -1.84. The number of nitrogens with one attached hydrogen (secondary N) is 1. The molecule has 1 aromatic carbocycles. The van der Waals surface area contributed by atoms with Gasteiger partial charge in [0.2, 0.25) is 11.8 Å². The van der Waals surface area contributed by atoms with Crippen molar-refractivity contribution in [3.05, 3.63) is 35.9 Å². The highest BCUT2D eigenvalue weighted by molar-refractivity contribution is 5.90. The Morgan fingerprint density at radius 3 is 2.74 bits per heavy atom. The molecule has 1 aliphatic heterocycles. The number of aryl methyl sites for hydroxylation is 1. The van der Waals surface area contributed by atoms with Gasteiger partial charge in [-0.1, -0.05) is 30.3 Å². The maximum atomic E-state index is 12.0. The first kappa shape index (κ1) is 13.6. The normalized spacial score (nSPS) is 18.2. The summed E-state index contributed by atoms with van der Waals surface area (Å²) in [7, 11) is 1.80. The average Bonchev–Trinajstić information content (AvgIpc) is 2.85. The Labute approximate surface area is 113 Å². The first-order valence-electron chi connectivity index (χ1n) is 6.75. The third-order valence-corrected chi connectivity index (χ3v) is 3.47. The molecule has 0 unspecified atom stereocenters. The quantitative estimate of drug-likeness (QED) is 0.869. The Bertz CT molecular complexity index is 445. The van der Waals surface area contributed by atoms with E-state index < -0.39 is 0 Å². The number of hydrogen-bond donors (Lipinski definition) is 1. The summed E-state index contributed by atoms with van der Waals surface area (Å²) in [5, 5.41) is 2.71. The van der Waals surface area contributed by atoms with Crippen molar-refractivity contribution in [1.29, 1.82) is 0 Å². The third kappa shape index (κ3) is 3.81. The Balaban J connectivity index is 1.73. The minimum Gasteiger partial charge on any atom is -0.344 e. The van der Waals surface area contributed by atoms with Crippen molar-refractivity contribution in [2.75, 3.05) is 13.6 Å². The van der Waals surface area contributed by atoms with Gasteiger partial charge in [-0.05, 0) is 24.8 Å². The molecular formula is C15H20N2O2. The highest BCUT2D eigenvalue weighted by atomic mass is 16.2. The molecule has 1 heterocycles. The minimum atomic E-state index is -0.311. The van der Waals surface area contributed by atoms with E-state index in [1.807, 2.05) is 18.2 Å². The van der Waals surface area contributed by atoms with Crippen LogP contribution in [0.1, 0.15) is 24.8 Å². The molecule has 0 bridgehead atoms. The number of amides is 2. The summed E-state index contributed by atoms with van der Waals surface area (Å²) >= 11 is 0. The van der Waals surface area contributed by atoms with Crippen LogP contribution >= 0.6 is 0 Å². The summed E-state index contributed by atoms with van der Waals surface area (Å²) in [5.41, 5.74) is 1.29. The monoisotopic (exact) mass is 260 g/mol. The van der Waals surface area contributed by atoms with Gasteiger partial charge in [-0.25, -0.2) is 0 Å². The van der Waals surface area contributed by atoms with Gasteiger partial charge in [0.1, 0.15) is 6.04 Å². The molecule has 2 rings (SSSR count). The zero-order chi connectivity index (χ0) is 13.7. The zero-order valence-electron chi connectivity index (χ0n) is 11.3. The van der Waals surface area contributed by atoms with Gasteiger partial charge in [0, 0.05) is 20.0 Å². The van der Waals surface area contributed by atoms with E-state index in [4.69, 9.17) is 0 Å². The summed E-state index contributed by atoms with van der Waals surface area (Å²) < 4.78 is 0. The van der Waals surface area contributed by atoms with Gasteiger partial charge in [0.15, 0.2) is 0 Å². The standard InChI is InChI=1S/C15H20N2O2/c1-17(15(19)13-9-10-14(18)16-13)11-5-8-12-6-3-2-4-7-12/h2-4,6-7,13H,5,8-11H2,1H3,(H,16,18)/t13-/m1/s1. The molecule has 102 valence electrons. The molecule has 1 aromatic rings. The molecule has 1 fully saturated rings. The molecule has 1 aliphatic rings. The predicted octanol–water partition coefficient (Wildman–Crippen LogP) is 1.36. The van der Waals surface area contributed by atoms with E-state index in [1.165, 1.54) is 5.56 Å². The van der Waals surface area contributed by atoms with Gasteiger partial charge in [0.05, 0.1) is 0 Å². The Morgan fingerprint density at radius 1 is 1.37 bits per heavy atom. The topological polar surface area (TPSA) is 49.4 Å². The molecule has 0 saturated carbocycles. The average molecular weight is 260 g/mol. The van der Waals surface area contributed by atoms with E-state index in [2.05, 4.69) is 17.4 Å². The van der Waals surface area contributed by atoms with Crippen LogP contribution in [0.4, 0.5) is 0 Å². The summed E-state index contributed by atoms with van der Waals surface area (Å²) in [6.07, 6.45) is 3.00. The number of rotatable bonds is 5. The van der Waals surface area contributed by atoms with Crippen molar-refractivity contribution in [1.82, 2.24) is 10.2 Å². The SMILES string of the molecule is CN(CCCc1ccccc1)C(=O)[C@H]1CCC(=O)N1. The van der Waals surface area contributed by atoms with Gasteiger partial charge < -0.3 is 10.2 Å². The summed E-state index contributed by atoms with van der Waals surface area (Å²) in [6, 6.07) is 9.94. The van der Waals surface area contributed by atoms with Crippen LogP contribution < -0.4 is 5.32 Å². The maximum absolute atomic E-state index is 12.0. The van der Waals surface area contributed by atoms with Crippen LogP contribution in [0.5, 0.6) is 0 Å². The van der Waals surface area contributed by atoms with E-state index in [9.17, 15) is 9.59 Å². The smallest absolute Gasteiger partial charge is 0.244 e. The summed E-state index contributed by atoms with van der Waals surface area (Å²) in [5.74, 6) is 0.00921. The Kier molecular flexibility index (Phi) is 4.55. The minimum absolute atomic E-state index is 0.0176. The molecule has 4 nitrogen and oxygen atoms in total. The highest BCUT2D eigenvalue weighted by Gasteiger charge is 2.28. The maximum Gasteiger partial charge on any atom is 0.244 e. The van der Waals surface area contributed by atoms with E-state index in [-0.39, 0.29) is 17.9 Å². The van der Waals surface area contributed by atoms with E-state index >= 15 is 0 Å². The van der Waals surface area contributed by atoms with Crippen molar-refractivity contribution in [2.24, 2.45) is 0 Å². The van der Waals surface area contributed by atoms with Gasteiger partial charge in [-0.3, -0.25) is 9.59 Å². The first-order chi connectivity index (χ1) is 9.16. The summed E-state index contributed by atoms with van der Waals surface area (Å²) in [6.45, 7) is 0.722. The van der Waals surface area contributed by atoms with Crippen LogP contribution in [0.2, 0.25) is 0 Å². The molecule has 0 spiro atoms. The number of likely N-dealkylation sites (N-methyl/N-ethyl adjacent to an activating group) is 1. The molecule has 1 atom stereocenters. The molecular weight excluding hydrogens is 240 g/mol. The second-order valence-electron chi connectivity index (χ2n) is 5.01. The predicted molar refractivity (Wildman–Crippen MR) is 73.6 cm³/mol. The fraction of sp³-hybridized carbons (Fsp3) is 0.467. The van der Waals surface area contributed by atoms with E-state index in [0.29, 0.717) is 12.8 Å². The van der Waals surface area contributed by atoms with Crippen molar-refractivity contribution in [3.63, 3.8) is 0 Å². The van der Waals surface area contributed by atoms with Crippen molar-refractivity contribution in [3.8, 4) is 0 Å². The molecule has 0 aliphatic carbocycles. The fourth-order valence-corrected chi connectivity index (χ4v) is 2.34. The molecule has 0 aromatic heterocycles. The van der Waals surface area contributed by atoms with Crippen molar-refractivity contribution >= 4 is 11.8 Å². The molecule has 1 saturated heterocycles. The molecule has 2 amide bonds. The third-order valence-electron chi connectivity index (χ3n) is 3.47. The summed E-state index contributed by atoms with van der Waals surface area (Å²) in [4.78, 5) is 24.9. The van der Waals surface area contributed by atoms with Crippen LogP contribution in [0.3, 0.4) is 0 Å². The van der Waals surface area contributed by atoms with Gasteiger partial charge >= 0.3 is 0 Å². The number of carbonyl (C=O) groups excluding carboxylic acids is 2. The second kappa shape index (κ2) is 6.36. The van der Waals surface area contributed by atoms with Crippen LogP contribution in [-0.4, -0.2) is 36.3 Å². The molecule has 19 heavy (non-hydrogen) atoms. The zero-order valence-corrected chi connectivity index (χ0v) is 11.3. The highest BCUT2D eigenvalue weighted by Crippen LogP contribution is 2.10. The number of hydrogen-bond acceptors (Lipinski definition) is 2. The van der Waals surface area contributed by atoms with Gasteiger partial charge in [-0.2, -0.15) is 0 Å². The lowest BCUT2D eigenvalue weighted by atomic mass is 10.1. The largest absolute Gasteiger partial charge is 0.344 e. The number of nitrogens with zero attached hydrogens (tertiary/aromatic N) is 1. The van der Waals surface area contributed by atoms with Crippen LogP contribution in [-0.2, 0) is 16.0 Å². The fourth-order valence-electron chi connectivity index (χ4n) is 2.34. The molecule has 4 heteroatoms. The van der Waals surface area contributed by atoms with Crippen LogP contribution in [0, 0.1) is 0 Å². The number of carbonyl (C=O) groups is 2. The van der Waals surface area contributed by atoms with Crippen molar-refractivity contribution < 1.29 is 9.59 Å². The van der Waals surface area contributed by atoms with Crippen LogP contribution in [0.15, 0.2) is 30.3 Å². The molecule has 0 radical (unpaired) electrons. The van der Waals surface area contributed by atoms with E-state index in [1.54, 1.807) is 11.9 Å². The van der Waals surface area contributed by atoms with E-state index in [0.717, 1.165) is 19.4 Å². The lowest BCUT2D eigenvalue weighted by Crippen LogP contribution is -2.43. The molecule has 1 N–H and O–H groups in total. The number of benzene rings is 1. The van der Waals surface area contributed by atoms with Crippen molar-refractivity contribution in [2.45, 2.75) is 31.7 Å².